The van der Waals surface area contributed by atoms with Gasteiger partial charge in [-0.05, 0) is 59.6 Å². The molecule has 0 aliphatic rings. The van der Waals surface area contributed by atoms with Gasteiger partial charge in [0.2, 0.25) is 5.04 Å². The van der Waals surface area contributed by atoms with Gasteiger partial charge in [-0.2, -0.15) is 40.5 Å². The van der Waals surface area contributed by atoms with Crippen LogP contribution in [0.25, 0.3) is 0 Å². The fraction of sp³-hybridized carbons (Fsp3) is 0.676. The second kappa shape index (κ2) is 43.3. The van der Waals surface area contributed by atoms with E-state index in [0.717, 1.165) is 28.9 Å². The van der Waals surface area contributed by atoms with E-state index in [2.05, 4.69) is 76.6 Å². The van der Waals surface area contributed by atoms with E-state index >= 15 is 0 Å². The molecule has 0 saturated heterocycles. The highest BCUT2D eigenvalue weighted by molar-refractivity contribution is 8.15. The van der Waals surface area contributed by atoms with Crippen molar-refractivity contribution in [1.29, 1.82) is 5.26 Å². The van der Waals surface area contributed by atoms with Crippen LogP contribution in [0.3, 0.4) is 0 Å². The lowest BCUT2D eigenvalue weighted by atomic mass is 9.91. The molecular formula is C37H70N12O11S5. The van der Waals surface area contributed by atoms with Crippen molar-refractivity contribution in [2.75, 3.05) is 85.9 Å². The molecule has 5 N–H and O–H groups in total. The number of oxime groups is 5. The molecule has 0 fully saturated rings. The normalized spacial score (nSPS) is 11.8. The quantitative estimate of drug-likeness (QED) is 0.0434. The molecule has 0 aromatic heterocycles. The van der Waals surface area contributed by atoms with Crippen molar-refractivity contribution in [2.45, 2.75) is 71.8 Å². The Labute approximate surface area is 405 Å². The molecule has 0 rings (SSSR count). The number of hydrogen-bond donors (Lipinski definition) is 5. The summed E-state index contributed by atoms with van der Waals surface area (Å²) in [5.41, 5.74) is 1.59. The number of thioether (sulfide) groups is 5. The summed E-state index contributed by atoms with van der Waals surface area (Å²) in [7, 11) is 10.5. The Bertz CT molecular complexity index is 1600. The molecule has 28 heteroatoms. The first-order valence-electron chi connectivity index (χ1n) is 18.8. The van der Waals surface area contributed by atoms with Crippen LogP contribution in [-0.4, -0.2) is 165 Å². The summed E-state index contributed by atoms with van der Waals surface area (Å²) in [6.45, 7) is 15.6. The van der Waals surface area contributed by atoms with Crippen molar-refractivity contribution in [3.63, 3.8) is 0 Å². The van der Waals surface area contributed by atoms with Gasteiger partial charge in [-0.25, -0.2) is 24.0 Å². The molecule has 0 heterocycles. The first-order valence-corrected chi connectivity index (χ1v) is 24.9. The topological polar surface area (TPSA) is 298 Å². The van der Waals surface area contributed by atoms with Gasteiger partial charge < -0.3 is 31.5 Å². The molecule has 0 bridgehead atoms. The van der Waals surface area contributed by atoms with Crippen molar-refractivity contribution in [3.8, 4) is 6.07 Å². The molecule has 0 saturated carbocycles. The van der Waals surface area contributed by atoms with Crippen molar-refractivity contribution in [2.24, 2.45) is 31.2 Å². The van der Waals surface area contributed by atoms with Crippen LogP contribution >= 0.6 is 58.8 Å². The Balaban J connectivity index is -0.000000231. The molecule has 0 spiro atoms. The number of hydrogen-bond acceptors (Lipinski definition) is 22. The van der Waals surface area contributed by atoms with E-state index in [1.165, 1.54) is 51.9 Å². The number of carbonyl (C=O) groups excluding carboxylic acids is 6. The number of nitrogens with zero attached hydrogens (tertiary/aromatic N) is 7. The van der Waals surface area contributed by atoms with Crippen LogP contribution in [-0.2, 0) is 29.0 Å². The van der Waals surface area contributed by atoms with E-state index < -0.39 is 30.5 Å². The lowest BCUT2D eigenvalue weighted by Crippen LogP contribution is -2.28. The van der Waals surface area contributed by atoms with Gasteiger partial charge in [0.05, 0.1) is 23.7 Å². The standard InChI is InChI=1S/C9H18N2O2S.C7H13N3O3S.C7H11N3O2S.2C7H14N2O2S/c1-9(2,3)7(6-14-5)11-13-8(12)10-4;1-8-7(12)13-9-5(14-4)6(11)10(2)3;1-6(13-5-3-4-8)10-12-7(11)9-2;1-7(2,12-4)5-9-11-6(10)8-3;1-5(6(2)12-4)9-11-7(10)8-3/h6H2,1-5H3,(H,10,12);1-4H3,(H,8,12);3,5H2,1-2H3,(H,9,11);5H,1-4H3,(H,8,10);6H,1-4H3,(H,8,10)/b;;10-6-;2*9-5+. The van der Waals surface area contributed by atoms with Crippen molar-refractivity contribution >= 4 is 123 Å². The van der Waals surface area contributed by atoms with Gasteiger partial charge in [-0.15, -0.1) is 23.5 Å². The Morgan fingerprint density at radius 2 is 1.14 bits per heavy atom. The maximum atomic E-state index is 11.3. The van der Waals surface area contributed by atoms with Crippen LogP contribution in [0.1, 0.15) is 61.8 Å². The maximum absolute atomic E-state index is 11.3. The fourth-order valence-electron chi connectivity index (χ4n) is 2.27. The van der Waals surface area contributed by atoms with Crippen molar-refractivity contribution in [3.05, 3.63) is 0 Å². The smallest absolute Gasteiger partial charge is 0.343 e. The lowest BCUT2D eigenvalue weighted by molar-refractivity contribution is -0.121. The fourth-order valence-corrected chi connectivity index (χ4v) is 4.61. The molecule has 0 radical (unpaired) electrons. The molecule has 1 atom stereocenters. The molecule has 0 aliphatic carbocycles. The molecule has 0 aliphatic heterocycles. The highest BCUT2D eigenvalue weighted by Gasteiger charge is 2.20. The highest BCUT2D eigenvalue weighted by Crippen LogP contribution is 2.19. The molecule has 0 aromatic carbocycles. The zero-order valence-corrected chi connectivity index (χ0v) is 45.0. The summed E-state index contributed by atoms with van der Waals surface area (Å²) >= 11 is 7.42. The first kappa shape index (κ1) is 69.4. The van der Waals surface area contributed by atoms with Gasteiger partial charge in [0.25, 0.3) is 5.91 Å². The summed E-state index contributed by atoms with van der Waals surface area (Å²) in [5, 5.41) is 38.6. The summed E-state index contributed by atoms with van der Waals surface area (Å²) in [6.07, 6.45) is 6.72. The minimum atomic E-state index is -0.705. The number of nitriles is 1. The highest BCUT2D eigenvalue weighted by atomic mass is 32.2. The Kier molecular flexibility index (Phi) is 46.3. The maximum Gasteiger partial charge on any atom is 0.433 e. The minimum absolute atomic E-state index is 0.0724. The van der Waals surface area contributed by atoms with Crippen LogP contribution in [0.5, 0.6) is 0 Å². The monoisotopic (exact) mass is 1020 g/mol. The van der Waals surface area contributed by atoms with Crippen molar-refractivity contribution < 1.29 is 53.0 Å². The number of rotatable bonds is 13. The van der Waals surface area contributed by atoms with Gasteiger partial charge in [0.1, 0.15) is 5.04 Å². The number of carbonyl (C=O) groups is 6. The Morgan fingerprint density at radius 3 is 1.51 bits per heavy atom. The number of amides is 6. The first-order chi connectivity index (χ1) is 30.3. The number of nitrogens with one attached hydrogen (secondary N) is 5. The third-order valence-electron chi connectivity index (χ3n) is 6.42. The molecular weight excluding hydrogens is 949 g/mol. The van der Waals surface area contributed by atoms with Crippen LogP contribution in [0, 0.1) is 16.7 Å². The molecule has 23 nitrogen and oxygen atoms in total. The Morgan fingerprint density at radius 1 is 0.708 bits per heavy atom. The van der Waals surface area contributed by atoms with Crippen LogP contribution < -0.4 is 26.6 Å². The largest absolute Gasteiger partial charge is 0.433 e. The van der Waals surface area contributed by atoms with Gasteiger partial charge in [0.15, 0.2) is 0 Å². The van der Waals surface area contributed by atoms with Crippen LogP contribution in [0.2, 0.25) is 0 Å². The van der Waals surface area contributed by atoms with E-state index in [0.29, 0.717) is 17.2 Å². The molecule has 65 heavy (non-hydrogen) atoms. The van der Waals surface area contributed by atoms with E-state index in [9.17, 15) is 28.8 Å². The van der Waals surface area contributed by atoms with Crippen LogP contribution in [0.15, 0.2) is 25.8 Å². The third kappa shape index (κ3) is 45.8. The Hall–Kier alpha value is -4.59. The van der Waals surface area contributed by atoms with Crippen LogP contribution in [0.4, 0.5) is 24.0 Å². The van der Waals surface area contributed by atoms with E-state index in [-0.39, 0.29) is 26.4 Å². The molecule has 1 unspecified atom stereocenters. The predicted molar refractivity (Wildman–Crippen MR) is 271 cm³/mol. The summed E-state index contributed by atoms with van der Waals surface area (Å²) in [4.78, 5) is 88.2. The lowest BCUT2D eigenvalue weighted by Gasteiger charge is -2.19. The zero-order chi connectivity index (χ0) is 51.6. The second-order valence-electron chi connectivity index (χ2n) is 13.2. The average molecular weight is 1020 g/mol. The van der Waals surface area contributed by atoms with E-state index in [4.69, 9.17) is 5.26 Å². The van der Waals surface area contributed by atoms with Gasteiger partial charge >= 0.3 is 30.5 Å². The summed E-state index contributed by atoms with van der Waals surface area (Å²) in [5.74, 6) is 1.12. The summed E-state index contributed by atoms with van der Waals surface area (Å²) < 4.78 is -0.103. The van der Waals surface area contributed by atoms with E-state index in [1.54, 1.807) is 68.8 Å². The zero-order valence-electron chi connectivity index (χ0n) is 40.9. The molecule has 6 amide bonds. The van der Waals surface area contributed by atoms with Gasteiger partial charge in [-0.3, -0.25) is 29.0 Å². The minimum Gasteiger partial charge on any atom is -0.343 e. The van der Waals surface area contributed by atoms with Crippen molar-refractivity contribution in [1.82, 2.24) is 31.5 Å². The predicted octanol–water partition coefficient (Wildman–Crippen LogP) is 6.48. The van der Waals surface area contributed by atoms with Gasteiger partial charge in [-0.1, -0.05) is 46.5 Å². The molecule has 0 aromatic rings. The average Bonchev–Trinajstić information content (AvgIpc) is 3.28. The SMILES string of the molecule is CNC(=O)O/N=C(/C)SCCC#N.CNC(=O)O/N=C(\C)C(C)SC.CNC(=O)O/N=C/C(C)(C)SC.CNC(=O)ON=C(CSC)C(C)(C)C.CNC(=O)ON=C(SC)C(=O)N(C)C. The summed E-state index contributed by atoms with van der Waals surface area (Å²) in [6, 6.07) is 2.00. The van der Waals surface area contributed by atoms with Gasteiger partial charge in [0, 0.05) is 82.7 Å². The third-order valence-corrected chi connectivity index (χ3v) is 10.7. The molecule has 374 valence electrons. The van der Waals surface area contributed by atoms with E-state index in [1.807, 2.05) is 73.3 Å². The second-order valence-corrected chi connectivity index (χ2v) is 18.8.